The summed E-state index contributed by atoms with van der Waals surface area (Å²) in [6.07, 6.45) is 0.970. The van der Waals surface area contributed by atoms with Gasteiger partial charge in [-0.2, -0.15) is 8.42 Å². The molecular formula is C6H10O5S. The van der Waals surface area contributed by atoms with E-state index in [1.54, 1.807) is 0 Å². The van der Waals surface area contributed by atoms with Crippen LogP contribution in [0, 0.1) is 0 Å². The van der Waals surface area contributed by atoms with Crippen LogP contribution in [-0.2, 0) is 14.9 Å². The molecule has 0 saturated carbocycles. The van der Waals surface area contributed by atoms with Crippen LogP contribution in [0.5, 0.6) is 0 Å². The summed E-state index contributed by atoms with van der Waals surface area (Å²) in [6.45, 7) is 2.45. The van der Waals surface area contributed by atoms with Crippen LogP contribution < -0.4 is 0 Å². The van der Waals surface area contributed by atoms with Crippen molar-refractivity contribution in [1.29, 1.82) is 0 Å². The highest BCUT2D eigenvalue weighted by molar-refractivity contribution is 7.86. The number of carboxylic acids is 1. The highest BCUT2D eigenvalue weighted by Crippen LogP contribution is 2.03. The second-order valence-corrected chi connectivity index (χ2v) is 4.15. The summed E-state index contributed by atoms with van der Waals surface area (Å²) in [6, 6.07) is 0. The maximum atomic E-state index is 10.4. The number of rotatable bonds is 3. The molecule has 0 aromatic carbocycles. The van der Waals surface area contributed by atoms with E-state index in [9.17, 15) is 13.2 Å². The average Bonchev–Trinajstić information content (AvgIpc) is 1.85. The lowest BCUT2D eigenvalue weighted by molar-refractivity contribution is -0.132. The molecule has 0 radical (unpaired) electrons. The molecule has 0 aliphatic rings. The largest absolute Gasteiger partial charge is 0.478 e. The van der Waals surface area contributed by atoms with Crippen molar-refractivity contribution in [3.63, 3.8) is 0 Å². The van der Waals surface area contributed by atoms with Crippen LogP contribution in [-0.4, -0.2) is 29.3 Å². The number of carboxylic acid groups (broad SMARTS) is 1. The summed E-state index contributed by atoms with van der Waals surface area (Å²) in [4.78, 5) is 10.2. The predicted molar refractivity (Wildman–Crippen MR) is 42.4 cm³/mol. The fourth-order valence-corrected chi connectivity index (χ4v) is 0.885. The van der Waals surface area contributed by atoms with E-state index in [4.69, 9.17) is 9.66 Å². The molecule has 0 amide bonds. The van der Waals surface area contributed by atoms with Crippen LogP contribution in [0.1, 0.15) is 13.8 Å². The monoisotopic (exact) mass is 194 g/mol. The first-order chi connectivity index (χ1) is 5.25. The van der Waals surface area contributed by atoms with Crippen molar-refractivity contribution in [3.8, 4) is 0 Å². The summed E-state index contributed by atoms with van der Waals surface area (Å²) in [7, 11) is -4.17. The molecule has 0 spiro atoms. The van der Waals surface area contributed by atoms with Gasteiger partial charge < -0.3 is 5.11 Å². The van der Waals surface area contributed by atoms with Crippen molar-refractivity contribution in [3.05, 3.63) is 11.6 Å². The SMILES string of the molecule is CC(=CC(C)S(=O)(=O)O)C(=O)O. The third-order valence-corrected chi connectivity index (χ3v) is 2.37. The van der Waals surface area contributed by atoms with Crippen LogP contribution >= 0.6 is 0 Å². The first-order valence-corrected chi connectivity index (χ1v) is 4.63. The van der Waals surface area contributed by atoms with Gasteiger partial charge in [0.05, 0.1) is 0 Å². The van der Waals surface area contributed by atoms with Crippen LogP contribution in [0.2, 0.25) is 0 Å². The van der Waals surface area contributed by atoms with Gasteiger partial charge in [-0.15, -0.1) is 0 Å². The smallest absolute Gasteiger partial charge is 0.330 e. The van der Waals surface area contributed by atoms with E-state index in [0.717, 1.165) is 6.08 Å². The van der Waals surface area contributed by atoms with Gasteiger partial charge in [-0.25, -0.2) is 4.79 Å². The van der Waals surface area contributed by atoms with E-state index in [1.165, 1.54) is 13.8 Å². The fourth-order valence-electron chi connectivity index (χ4n) is 0.509. The van der Waals surface area contributed by atoms with Gasteiger partial charge in [-0.1, -0.05) is 6.08 Å². The topological polar surface area (TPSA) is 91.7 Å². The highest BCUT2D eigenvalue weighted by Gasteiger charge is 2.15. The summed E-state index contributed by atoms with van der Waals surface area (Å²) >= 11 is 0. The Morgan fingerprint density at radius 1 is 1.50 bits per heavy atom. The van der Waals surface area contributed by atoms with Crippen LogP contribution in [0.3, 0.4) is 0 Å². The minimum atomic E-state index is -4.17. The summed E-state index contributed by atoms with van der Waals surface area (Å²) in [5, 5.41) is 7.17. The quantitative estimate of drug-likeness (QED) is 0.497. The van der Waals surface area contributed by atoms with E-state index in [2.05, 4.69) is 0 Å². The lowest BCUT2D eigenvalue weighted by atomic mass is 10.2. The summed E-state index contributed by atoms with van der Waals surface area (Å²) in [5.41, 5.74) is -0.111. The maximum absolute atomic E-state index is 10.4. The third-order valence-electron chi connectivity index (χ3n) is 1.29. The summed E-state index contributed by atoms with van der Waals surface area (Å²) < 4.78 is 29.3. The second kappa shape index (κ2) is 3.68. The van der Waals surface area contributed by atoms with E-state index in [1.807, 2.05) is 0 Å². The molecule has 12 heavy (non-hydrogen) atoms. The number of carbonyl (C=O) groups is 1. The lowest BCUT2D eigenvalue weighted by Gasteiger charge is -2.01. The Morgan fingerprint density at radius 2 is 1.92 bits per heavy atom. The Morgan fingerprint density at radius 3 is 2.17 bits per heavy atom. The highest BCUT2D eigenvalue weighted by atomic mass is 32.2. The van der Waals surface area contributed by atoms with Gasteiger partial charge in [0.15, 0.2) is 0 Å². The van der Waals surface area contributed by atoms with Gasteiger partial charge in [0.2, 0.25) is 0 Å². The molecule has 0 aliphatic heterocycles. The molecule has 1 atom stereocenters. The second-order valence-electron chi connectivity index (χ2n) is 2.37. The van der Waals surface area contributed by atoms with E-state index < -0.39 is 21.3 Å². The Balaban J connectivity index is 4.68. The summed E-state index contributed by atoms with van der Waals surface area (Å²) in [5.74, 6) is -1.20. The number of hydrogen-bond acceptors (Lipinski definition) is 3. The van der Waals surface area contributed by atoms with E-state index >= 15 is 0 Å². The molecule has 0 saturated heterocycles. The van der Waals surface area contributed by atoms with Crippen molar-refractivity contribution in [1.82, 2.24) is 0 Å². The zero-order chi connectivity index (χ0) is 9.94. The van der Waals surface area contributed by atoms with Crippen molar-refractivity contribution in [2.24, 2.45) is 0 Å². The van der Waals surface area contributed by atoms with Gasteiger partial charge in [-0.3, -0.25) is 4.55 Å². The molecule has 2 N–H and O–H groups in total. The van der Waals surface area contributed by atoms with Gasteiger partial charge in [-0.05, 0) is 13.8 Å². The maximum Gasteiger partial charge on any atom is 0.330 e. The van der Waals surface area contributed by atoms with Crippen molar-refractivity contribution < 1.29 is 22.9 Å². The molecule has 1 unspecified atom stereocenters. The molecule has 0 bridgehead atoms. The molecule has 0 aromatic heterocycles. The first kappa shape index (κ1) is 11.1. The average molecular weight is 194 g/mol. The number of hydrogen-bond donors (Lipinski definition) is 2. The van der Waals surface area contributed by atoms with Crippen LogP contribution in [0.15, 0.2) is 11.6 Å². The van der Waals surface area contributed by atoms with Crippen molar-refractivity contribution in [2.45, 2.75) is 19.1 Å². The fraction of sp³-hybridized carbons (Fsp3) is 0.500. The Labute approximate surface area is 70.5 Å². The number of aliphatic carboxylic acids is 1. The minimum Gasteiger partial charge on any atom is -0.478 e. The molecule has 0 fully saturated rings. The molecule has 0 heterocycles. The lowest BCUT2D eigenvalue weighted by Crippen LogP contribution is -2.15. The molecule has 6 heteroatoms. The van der Waals surface area contributed by atoms with Gasteiger partial charge in [0.25, 0.3) is 10.1 Å². The zero-order valence-corrected chi connectivity index (χ0v) is 7.50. The molecule has 0 aromatic rings. The standard InChI is InChI=1S/C6H10O5S/c1-4(6(7)8)3-5(2)12(9,10)11/h3,5H,1-2H3,(H,7,8)(H,9,10,11). The molecule has 0 aliphatic carbocycles. The molecular weight excluding hydrogens is 184 g/mol. The first-order valence-electron chi connectivity index (χ1n) is 3.13. The molecule has 0 rings (SSSR count). The predicted octanol–water partition coefficient (Wildman–Crippen LogP) is 0.294. The zero-order valence-electron chi connectivity index (χ0n) is 6.68. The molecule has 70 valence electrons. The van der Waals surface area contributed by atoms with Gasteiger partial charge in [0, 0.05) is 5.57 Å². The third kappa shape index (κ3) is 3.49. The Hall–Kier alpha value is -0.880. The van der Waals surface area contributed by atoms with Gasteiger partial charge >= 0.3 is 5.97 Å². The van der Waals surface area contributed by atoms with E-state index in [-0.39, 0.29) is 5.57 Å². The van der Waals surface area contributed by atoms with Crippen LogP contribution in [0.4, 0.5) is 0 Å². The normalized spacial score (nSPS) is 15.8. The van der Waals surface area contributed by atoms with E-state index in [0.29, 0.717) is 0 Å². The Kier molecular flexibility index (Phi) is 3.41. The van der Waals surface area contributed by atoms with Crippen molar-refractivity contribution in [2.75, 3.05) is 0 Å². The van der Waals surface area contributed by atoms with Crippen molar-refractivity contribution >= 4 is 16.1 Å². The van der Waals surface area contributed by atoms with Gasteiger partial charge in [0.1, 0.15) is 5.25 Å². The van der Waals surface area contributed by atoms with Crippen LogP contribution in [0.25, 0.3) is 0 Å². The Bertz CT molecular complexity index is 300. The minimum absolute atomic E-state index is 0.111. The molecule has 5 nitrogen and oxygen atoms in total.